The van der Waals surface area contributed by atoms with Crippen molar-refractivity contribution in [1.82, 2.24) is 9.71 Å². The molecule has 0 aliphatic rings. The van der Waals surface area contributed by atoms with Crippen LogP contribution in [0.1, 0.15) is 0 Å². The van der Waals surface area contributed by atoms with Crippen LogP contribution in [0.2, 0.25) is 0 Å². The quantitative estimate of drug-likeness (QED) is 0.810. The molecule has 15 heavy (non-hydrogen) atoms. The summed E-state index contributed by atoms with van der Waals surface area (Å²) in [6.07, 6.45) is 1.11. The highest BCUT2D eigenvalue weighted by Gasteiger charge is 2.13. The summed E-state index contributed by atoms with van der Waals surface area (Å²) in [6, 6.07) is 2.34. The van der Waals surface area contributed by atoms with Crippen molar-refractivity contribution in [2.75, 3.05) is 6.54 Å². The summed E-state index contributed by atoms with van der Waals surface area (Å²) in [5, 5.41) is 0.183. The van der Waals surface area contributed by atoms with Crippen LogP contribution >= 0.6 is 11.6 Å². The highest BCUT2D eigenvalue weighted by molar-refractivity contribution is 7.89. The van der Waals surface area contributed by atoms with E-state index < -0.39 is 10.0 Å². The van der Waals surface area contributed by atoms with E-state index in [9.17, 15) is 13.2 Å². The van der Waals surface area contributed by atoms with Gasteiger partial charge in [-0.05, 0) is 6.07 Å². The first kappa shape index (κ1) is 12.0. The number of halogens is 1. The second-order valence-electron chi connectivity index (χ2n) is 2.73. The summed E-state index contributed by atoms with van der Waals surface area (Å²) in [5.41, 5.74) is -0.365. The standard InChI is InChI=1S/C8H9ClN2O3S/c1-6(9)4-11-15(13,14)7-2-3-8(12)10-5-7/h2-3,5,11H,1,4H2,(H,10,12). The van der Waals surface area contributed by atoms with Gasteiger partial charge in [-0.1, -0.05) is 18.2 Å². The van der Waals surface area contributed by atoms with Crippen molar-refractivity contribution in [2.24, 2.45) is 0 Å². The third kappa shape index (κ3) is 3.50. The van der Waals surface area contributed by atoms with Gasteiger partial charge in [-0.15, -0.1) is 0 Å². The molecule has 0 fully saturated rings. The van der Waals surface area contributed by atoms with Gasteiger partial charge in [0.25, 0.3) is 0 Å². The third-order valence-corrected chi connectivity index (χ3v) is 3.05. The Balaban J connectivity index is 2.91. The molecule has 5 nitrogen and oxygen atoms in total. The molecule has 0 amide bonds. The van der Waals surface area contributed by atoms with Gasteiger partial charge < -0.3 is 4.98 Å². The Morgan fingerprint density at radius 3 is 2.67 bits per heavy atom. The summed E-state index contributed by atoms with van der Waals surface area (Å²) in [4.78, 5) is 12.9. The number of hydrogen-bond donors (Lipinski definition) is 2. The maximum absolute atomic E-state index is 11.5. The van der Waals surface area contributed by atoms with E-state index >= 15 is 0 Å². The zero-order chi connectivity index (χ0) is 11.5. The fourth-order valence-electron chi connectivity index (χ4n) is 0.820. The Hall–Kier alpha value is -1.11. The molecule has 0 aliphatic carbocycles. The molecule has 1 aromatic heterocycles. The third-order valence-electron chi connectivity index (χ3n) is 1.52. The van der Waals surface area contributed by atoms with Crippen LogP contribution in [-0.2, 0) is 10.0 Å². The fourth-order valence-corrected chi connectivity index (χ4v) is 1.96. The van der Waals surface area contributed by atoms with Crippen LogP contribution in [0.15, 0.2) is 39.6 Å². The minimum Gasteiger partial charge on any atom is -0.328 e. The van der Waals surface area contributed by atoms with Crippen molar-refractivity contribution in [3.63, 3.8) is 0 Å². The predicted octanol–water partition coefficient (Wildman–Crippen LogP) is 0.406. The molecule has 0 bridgehead atoms. The minimum atomic E-state index is -3.64. The van der Waals surface area contributed by atoms with Gasteiger partial charge in [0.05, 0.1) is 4.90 Å². The molecular weight excluding hydrogens is 240 g/mol. The predicted molar refractivity (Wildman–Crippen MR) is 57.2 cm³/mol. The van der Waals surface area contributed by atoms with Crippen molar-refractivity contribution in [1.29, 1.82) is 0 Å². The Bertz CT molecular complexity index is 500. The Morgan fingerprint density at radius 2 is 2.20 bits per heavy atom. The molecule has 0 aliphatic heterocycles. The van der Waals surface area contributed by atoms with E-state index in [0.29, 0.717) is 0 Å². The lowest BCUT2D eigenvalue weighted by Gasteiger charge is -2.04. The monoisotopic (exact) mass is 248 g/mol. The highest BCUT2D eigenvalue weighted by Crippen LogP contribution is 2.05. The largest absolute Gasteiger partial charge is 0.328 e. The van der Waals surface area contributed by atoms with E-state index in [4.69, 9.17) is 11.6 Å². The molecule has 0 aromatic carbocycles. The lowest BCUT2D eigenvalue weighted by atomic mass is 10.5. The van der Waals surface area contributed by atoms with Crippen molar-refractivity contribution in [2.45, 2.75) is 4.90 Å². The first-order valence-corrected chi connectivity index (χ1v) is 5.79. The number of aromatic nitrogens is 1. The van der Waals surface area contributed by atoms with E-state index in [1.165, 1.54) is 6.07 Å². The summed E-state index contributed by atoms with van der Waals surface area (Å²) in [5.74, 6) is 0. The summed E-state index contributed by atoms with van der Waals surface area (Å²) < 4.78 is 25.2. The SMILES string of the molecule is C=C(Cl)CNS(=O)(=O)c1ccc(=O)[nH]c1. The Kier molecular flexibility index (Phi) is 3.67. The van der Waals surface area contributed by atoms with Gasteiger partial charge >= 0.3 is 0 Å². The van der Waals surface area contributed by atoms with Gasteiger partial charge in [0.1, 0.15) is 0 Å². The second-order valence-corrected chi connectivity index (χ2v) is 5.03. The van der Waals surface area contributed by atoms with Gasteiger partial charge in [0.15, 0.2) is 0 Å². The molecule has 2 N–H and O–H groups in total. The Labute approximate surface area is 91.8 Å². The van der Waals surface area contributed by atoms with E-state index in [-0.39, 0.29) is 22.0 Å². The molecule has 1 heterocycles. The molecule has 0 radical (unpaired) electrons. The minimum absolute atomic E-state index is 0.0278. The topological polar surface area (TPSA) is 79.0 Å². The van der Waals surface area contributed by atoms with E-state index in [1.807, 2.05) is 0 Å². The van der Waals surface area contributed by atoms with Crippen LogP contribution in [0, 0.1) is 0 Å². The van der Waals surface area contributed by atoms with E-state index in [0.717, 1.165) is 12.3 Å². The average molecular weight is 249 g/mol. The van der Waals surface area contributed by atoms with Gasteiger partial charge in [-0.3, -0.25) is 4.79 Å². The van der Waals surface area contributed by atoms with Crippen LogP contribution in [0.4, 0.5) is 0 Å². The molecular formula is C8H9ClN2O3S. The first-order valence-electron chi connectivity index (χ1n) is 3.93. The molecule has 0 spiro atoms. The van der Waals surface area contributed by atoms with Crippen molar-refractivity contribution in [3.05, 3.63) is 40.3 Å². The van der Waals surface area contributed by atoms with Gasteiger partial charge in [0.2, 0.25) is 15.6 Å². The molecule has 7 heteroatoms. The van der Waals surface area contributed by atoms with Gasteiger partial charge in [-0.25, -0.2) is 13.1 Å². The number of rotatable bonds is 4. The molecule has 0 saturated heterocycles. The Morgan fingerprint density at radius 1 is 1.53 bits per heavy atom. The first-order chi connectivity index (χ1) is 6.92. The van der Waals surface area contributed by atoms with Gasteiger partial charge in [0, 0.05) is 23.8 Å². The maximum atomic E-state index is 11.5. The molecule has 1 aromatic rings. The molecule has 82 valence electrons. The number of pyridine rings is 1. The molecule has 0 saturated carbocycles. The van der Waals surface area contributed by atoms with Crippen LogP contribution in [0.25, 0.3) is 0 Å². The number of hydrogen-bond acceptors (Lipinski definition) is 3. The zero-order valence-electron chi connectivity index (χ0n) is 7.66. The van der Waals surface area contributed by atoms with Gasteiger partial charge in [-0.2, -0.15) is 0 Å². The molecule has 0 unspecified atom stereocenters. The second kappa shape index (κ2) is 4.61. The van der Waals surface area contributed by atoms with E-state index in [1.54, 1.807) is 0 Å². The average Bonchev–Trinajstić information content (AvgIpc) is 2.16. The summed E-state index contributed by atoms with van der Waals surface area (Å²) in [7, 11) is -3.64. The number of nitrogens with one attached hydrogen (secondary N) is 2. The lowest BCUT2D eigenvalue weighted by Crippen LogP contribution is -2.25. The zero-order valence-corrected chi connectivity index (χ0v) is 9.23. The van der Waals surface area contributed by atoms with E-state index in [2.05, 4.69) is 16.3 Å². The summed E-state index contributed by atoms with van der Waals surface area (Å²) >= 11 is 5.42. The van der Waals surface area contributed by atoms with Crippen LogP contribution in [-0.4, -0.2) is 19.9 Å². The smallest absolute Gasteiger partial charge is 0.247 e. The lowest BCUT2D eigenvalue weighted by molar-refractivity contribution is 0.585. The molecule has 1 rings (SSSR count). The normalized spacial score (nSPS) is 11.3. The van der Waals surface area contributed by atoms with Crippen molar-refractivity contribution in [3.8, 4) is 0 Å². The maximum Gasteiger partial charge on any atom is 0.247 e. The molecule has 0 atom stereocenters. The van der Waals surface area contributed by atoms with Crippen molar-refractivity contribution >= 4 is 21.6 Å². The summed E-state index contributed by atoms with van der Waals surface area (Å²) in [6.45, 7) is 3.29. The van der Waals surface area contributed by atoms with Crippen molar-refractivity contribution < 1.29 is 8.42 Å². The van der Waals surface area contributed by atoms with Crippen LogP contribution in [0.5, 0.6) is 0 Å². The highest BCUT2D eigenvalue weighted by atomic mass is 35.5. The van der Waals surface area contributed by atoms with Crippen LogP contribution in [0.3, 0.4) is 0 Å². The number of H-pyrrole nitrogens is 1. The fraction of sp³-hybridized carbons (Fsp3) is 0.125. The number of aromatic amines is 1. The number of sulfonamides is 1. The van der Waals surface area contributed by atoms with Crippen LogP contribution < -0.4 is 10.3 Å².